The molecule has 2 aromatic rings. The molecule has 0 spiro atoms. The van der Waals surface area contributed by atoms with Gasteiger partial charge in [0.25, 0.3) is 0 Å². The summed E-state index contributed by atoms with van der Waals surface area (Å²) in [5.41, 5.74) is 2.89. The summed E-state index contributed by atoms with van der Waals surface area (Å²) in [6.07, 6.45) is 1.27. The third kappa shape index (κ3) is 3.97. The molecule has 1 aliphatic heterocycles. The zero-order valence-corrected chi connectivity index (χ0v) is 21.9. The normalized spacial score (nSPS) is 22.9. The van der Waals surface area contributed by atoms with Gasteiger partial charge >= 0.3 is 5.97 Å². The Labute approximate surface area is 209 Å². The summed E-state index contributed by atoms with van der Waals surface area (Å²) in [5, 5.41) is 4.92. The highest BCUT2D eigenvalue weighted by atomic mass is 32.1. The molecule has 1 aromatic carbocycles. The lowest BCUT2D eigenvalue weighted by molar-refractivity contribution is -0.168. The first-order valence-corrected chi connectivity index (χ1v) is 12.8. The van der Waals surface area contributed by atoms with E-state index in [2.05, 4.69) is 5.32 Å². The van der Waals surface area contributed by atoms with Crippen LogP contribution in [0.5, 0.6) is 0 Å². The monoisotopic (exact) mass is 496 g/mol. The standard InChI is InChI=1S/C27H32N2O5S/c1-7-34-24(32)21-18(17-9-8-15(2)16(3)12-17)14-35-22(21)28-20(30)13-29-23(31)19-10-11-27(6,25(29)33)26(19,4)5/h8-9,12,14,19H,7,10-11,13H2,1-6H3,(H,28,30). The molecule has 2 heterocycles. The maximum Gasteiger partial charge on any atom is 0.341 e. The van der Waals surface area contributed by atoms with Crippen LogP contribution in [-0.2, 0) is 19.1 Å². The van der Waals surface area contributed by atoms with E-state index in [1.54, 1.807) is 6.92 Å². The Hall–Kier alpha value is -3.00. The zero-order valence-electron chi connectivity index (χ0n) is 21.1. The average molecular weight is 497 g/mol. The number of aryl methyl sites for hydroxylation is 2. The maximum absolute atomic E-state index is 13.3. The Morgan fingerprint density at radius 1 is 1.17 bits per heavy atom. The van der Waals surface area contributed by atoms with Gasteiger partial charge in [0.15, 0.2) is 0 Å². The number of amides is 3. The van der Waals surface area contributed by atoms with Crippen molar-refractivity contribution in [2.24, 2.45) is 16.7 Å². The number of thiophene rings is 1. The van der Waals surface area contributed by atoms with Crippen molar-refractivity contribution in [1.82, 2.24) is 4.90 Å². The molecular weight excluding hydrogens is 464 g/mol. The maximum atomic E-state index is 13.3. The molecule has 8 heteroatoms. The first kappa shape index (κ1) is 25.1. The summed E-state index contributed by atoms with van der Waals surface area (Å²) in [7, 11) is 0. The molecule has 4 rings (SSSR count). The van der Waals surface area contributed by atoms with E-state index in [0.29, 0.717) is 23.4 Å². The Balaban J connectivity index is 1.61. The molecule has 2 atom stereocenters. The number of piperidine rings is 1. The van der Waals surface area contributed by atoms with E-state index in [9.17, 15) is 19.2 Å². The Kier molecular flexibility index (Phi) is 6.38. The van der Waals surface area contributed by atoms with Crippen molar-refractivity contribution in [2.75, 3.05) is 18.5 Å². The third-order valence-electron chi connectivity index (χ3n) is 8.15. The molecule has 1 N–H and O–H groups in total. The Bertz CT molecular complexity index is 1230. The number of carbonyl (C=O) groups excluding carboxylic acids is 4. The predicted molar refractivity (Wildman–Crippen MR) is 135 cm³/mol. The number of ether oxygens (including phenoxy) is 1. The molecular formula is C27H32N2O5S. The van der Waals surface area contributed by atoms with Crippen LogP contribution in [0.1, 0.15) is 62.0 Å². The number of carbonyl (C=O) groups is 4. The molecule has 1 saturated heterocycles. The second-order valence-electron chi connectivity index (χ2n) is 10.3. The molecule has 2 unspecified atom stereocenters. The Morgan fingerprint density at radius 2 is 1.89 bits per heavy atom. The summed E-state index contributed by atoms with van der Waals surface area (Å²) in [6, 6.07) is 5.91. The van der Waals surface area contributed by atoms with Crippen molar-refractivity contribution in [3.8, 4) is 11.1 Å². The summed E-state index contributed by atoms with van der Waals surface area (Å²) in [5.74, 6) is -1.93. The lowest BCUT2D eigenvalue weighted by Crippen LogP contribution is -2.60. The van der Waals surface area contributed by atoms with E-state index in [0.717, 1.165) is 21.6 Å². The first-order valence-electron chi connectivity index (χ1n) is 11.9. The highest BCUT2D eigenvalue weighted by Gasteiger charge is 2.64. The van der Waals surface area contributed by atoms with E-state index < -0.39 is 22.7 Å². The molecule has 0 radical (unpaired) electrons. The largest absolute Gasteiger partial charge is 0.462 e. The number of likely N-dealkylation sites (tertiary alicyclic amines) is 1. The van der Waals surface area contributed by atoms with Crippen molar-refractivity contribution >= 4 is 40.0 Å². The highest BCUT2D eigenvalue weighted by Crippen LogP contribution is 2.60. The van der Waals surface area contributed by atoms with E-state index in [1.807, 2.05) is 58.2 Å². The SMILES string of the molecule is CCOC(=O)c1c(-c2ccc(C)c(C)c2)csc1NC(=O)CN1C(=O)C2CCC(C)(C1=O)C2(C)C. The van der Waals surface area contributed by atoms with Gasteiger partial charge in [-0.15, -0.1) is 11.3 Å². The van der Waals surface area contributed by atoms with Gasteiger partial charge in [0.2, 0.25) is 17.7 Å². The van der Waals surface area contributed by atoms with Crippen LogP contribution in [0.15, 0.2) is 23.6 Å². The van der Waals surface area contributed by atoms with Crippen LogP contribution < -0.4 is 5.32 Å². The lowest BCUT2D eigenvalue weighted by atomic mass is 9.62. The molecule has 1 aliphatic carbocycles. The number of rotatable bonds is 6. The van der Waals surface area contributed by atoms with Gasteiger partial charge in [0, 0.05) is 16.9 Å². The quantitative estimate of drug-likeness (QED) is 0.451. The number of esters is 1. The van der Waals surface area contributed by atoms with Gasteiger partial charge in [-0.3, -0.25) is 19.3 Å². The van der Waals surface area contributed by atoms with E-state index in [1.165, 1.54) is 11.3 Å². The lowest BCUT2D eigenvalue weighted by Gasteiger charge is -2.47. The second-order valence-corrected chi connectivity index (χ2v) is 11.2. The van der Waals surface area contributed by atoms with Gasteiger partial charge < -0.3 is 10.1 Å². The topological polar surface area (TPSA) is 92.8 Å². The van der Waals surface area contributed by atoms with Crippen LogP contribution in [0.25, 0.3) is 11.1 Å². The third-order valence-corrected chi connectivity index (χ3v) is 9.05. The van der Waals surface area contributed by atoms with Crippen molar-refractivity contribution in [2.45, 2.75) is 54.4 Å². The van der Waals surface area contributed by atoms with E-state index >= 15 is 0 Å². The van der Waals surface area contributed by atoms with Gasteiger partial charge in [-0.05, 0) is 55.7 Å². The van der Waals surface area contributed by atoms with Crippen molar-refractivity contribution in [3.63, 3.8) is 0 Å². The molecule has 7 nitrogen and oxygen atoms in total. The predicted octanol–water partition coefficient (Wildman–Crippen LogP) is 4.96. The molecule has 35 heavy (non-hydrogen) atoms. The Morgan fingerprint density at radius 3 is 2.54 bits per heavy atom. The van der Waals surface area contributed by atoms with Gasteiger partial charge in [-0.1, -0.05) is 39.0 Å². The van der Waals surface area contributed by atoms with E-state index in [-0.39, 0.29) is 36.4 Å². The minimum atomic E-state index is -0.679. The number of fused-ring (bicyclic) bond motifs is 2. The van der Waals surface area contributed by atoms with Gasteiger partial charge in [-0.25, -0.2) is 4.79 Å². The van der Waals surface area contributed by atoms with Crippen molar-refractivity contribution < 1.29 is 23.9 Å². The van der Waals surface area contributed by atoms with Crippen LogP contribution in [0.4, 0.5) is 5.00 Å². The number of anilines is 1. The summed E-state index contributed by atoms with van der Waals surface area (Å²) >= 11 is 1.22. The molecule has 3 amide bonds. The summed E-state index contributed by atoms with van der Waals surface area (Å²) in [6.45, 7) is 11.4. The molecule has 1 saturated carbocycles. The number of benzene rings is 1. The second kappa shape index (κ2) is 8.90. The van der Waals surface area contributed by atoms with Crippen molar-refractivity contribution in [1.29, 1.82) is 0 Å². The first-order chi connectivity index (χ1) is 16.4. The fourth-order valence-electron chi connectivity index (χ4n) is 5.34. The number of hydrogen-bond donors (Lipinski definition) is 1. The average Bonchev–Trinajstić information content (AvgIpc) is 3.28. The van der Waals surface area contributed by atoms with E-state index in [4.69, 9.17) is 4.74 Å². The van der Waals surface area contributed by atoms with Crippen molar-refractivity contribution in [3.05, 3.63) is 40.3 Å². The number of imide groups is 1. The highest BCUT2D eigenvalue weighted by molar-refractivity contribution is 7.15. The zero-order chi connectivity index (χ0) is 25.7. The summed E-state index contributed by atoms with van der Waals surface area (Å²) in [4.78, 5) is 53.4. The summed E-state index contributed by atoms with van der Waals surface area (Å²) < 4.78 is 5.28. The van der Waals surface area contributed by atoms with Crippen LogP contribution in [0, 0.1) is 30.6 Å². The number of nitrogens with one attached hydrogen (secondary N) is 1. The van der Waals surface area contributed by atoms with Crippen LogP contribution in [0.3, 0.4) is 0 Å². The van der Waals surface area contributed by atoms with Gasteiger partial charge in [0.05, 0.1) is 12.0 Å². The molecule has 2 aliphatic rings. The van der Waals surface area contributed by atoms with Crippen LogP contribution in [0.2, 0.25) is 0 Å². The minimum absolute atomic E-state index is 0.195. The smallest absolute Gasteiger partial charge is 0.341 e. The fourth-order valence-corrected chi connectivity index (χ4v) is 6.31. The number of nitrogens with zero attached hydrogens (tertiary/aromatic N) is 1. The number of hydrogen-bond acceptors (Lipinski definition) is 6. The van der Waals surface area contributed by atoms with Crippen LogP contribution in [-0.4, -0.2) is 41.7 Å². The fraction of sp³-hybridized carbons (Fsp3) is 0.481. The molecule has 2 bridgehead atoms. The molecule has 186 valence electrons. The molecule has 1 aromatic heterocycles. The van der Waals surface area contributed by atoms with Gasteiger partial charge in [0.1, 0.15) is 17.1 Å². The molecule has 2 fully saturated rings. The van der Waals surface area contributed by atoms with Gasteiger partial charge in [-0.2, -0.15) is 0 Å². The minimum Gasteiger partial charge on any atom is -0.462 e. The van der Waals surface area contributed by atoms with Crippen LogP contribution >= 0.6 is 11.3 Å².